The second-order valence-electron chi connectivity index (χ2n) is 4.91. The van der Waals surface area contributed by atoms with Gasteiger partial charge in [-0.1, -0.05) is 29.8 Å². The Bertz CT molecular complexity index is 430. The topological polar surface area (TPSA) is 30.5 Å². The lowest BCUT2D eigenvalue weighted by atomic mass is 10.1. The number of benzene rings is 1. The van der Waals surface area contributed by atoms with E-state index < -0.39 is 0 Å². The third kappa shape index (κ3) is 4.51. The van der Waals surface area contributed by atoms with Crippen LogP contribution >= 0.6 is 11.6 Å². The lowest BCUT2D eigenvalue weighted by molar-refractivity contribution is 0.109. The lowest BCUT2D eigenvalue weighted by Crippen LogP contribution is -2.29. The van der Waals surface area contributed by atoms with Crippen LogP contribution in [0.15, 0.2) is 30.9 Å². The largest absolute Gasteiger partial charge is 0.490 e. The van der Waals surface area contributed by atoms with Crippen LogP contribution in [0.3, 0.4) is 0 Å². The Morgan fingerprint density at radius 3 is 3.15 bits per heavy atom. The highest BCUT2D eigenvalue weighted by Gasteiger charge is 2.14. The molecule has 1 aromatic rings. The average molecular weight is 296 g/mol. The Balaban J connectivity index is 1.74. The zero-order chi connectivity index (χ0) is 14.2. The number of rotatable bonds is 8. The zero-order valence-electron chi connectivity index (χ0n) is 11.7. The molecule has 4 heteroatoms. The van der Waals surface area contributed by atoms with E-state index in [1.807, 2.05) is 24.3 Å². The molecular formula is C16H22ClNO2. The summed E-state index contributed by atoms with van der Waals surface area (Å²) in [4.78, 5) is 0. The van der Waals surface area contributed by atoms with E-state index in [2.05, 4.69) is 11.9 Å². The Labute approximate surface area is 125 Å². The quantitative estimate of drug-likeness (QED) is 0.590. The molecule has 20 heavy (non-hydrogen) atoms. The molecule has 0 spiro atoms. The highest BCUT2D eigenvalue weighted by molar-refractivity contribution is 6.32. The van der Waals surface area contributed by atoms with Gasteiger partial charge in [0.2, 0.25) is 0 Å². The fraction of sp³-hybridized carbons (Fsp3) is 0.500. The van der Waals surface area contributed by atoms with Gasteiger partial charge in [-0.25, -0.2) is 0 Å². The van der Waals surface area contributed by atoms with Crippen LogP contribution in [0.4, 0.5) is 0 Å². The molecule has 1 aliphatic heterocycles. The molecular weight excluding hydrogens is 274 g/mol. The van der Waals surface area contributed by atoms with Crippen molar-refractivity contribution in [3.8, 4) is 5.75 Å². The van der Waals surface area contributed by atoms with E-state index in [4.69, 9.17) is 21.1 Å². The maximum Gasteiger partial charge on any atom is 0.141 e. The Morgan fingerprint density at radius 1 is 1.50 bits per heavy atom. The Morgan fingerprint density at radius 2 is 2.40 bits per heavy atom. The minimum absolute atomic E-state index is 0.367. The lowest BCUT2D eigenvalue weighted by Gasteiger charge is -2.14. The second-order valence-corrected chi connectivity index (χ2v) is 5.32. The van der Waals surface area contributed by atoms with Crippen molar-refractivity contribution in [2.75, 3.05) is 26.3 Å². The van der Waals surface area contributed by atoms with E-state index in [1.165, 1.54) is 6.42 Å². The molecule has 0 aromatic heterocycles. The first-order valence-electron chi connectivity index (χ1n) is 7.14. The van der Waals surface area contributed by atoms with Gasteiger partial charge in [-0.15, -0.1) is 6.58 Å². The monoisotopic (exact) mass is 295 g/mol. The molecule has 1 fully saturated rings. The number of para-hydroxylation sites is 1. The highest BCUT2D eigenvalue weighted by Crippen LogP contribution is 2.29. The van der Waals surface area contributed by atoms with Gasteiger partial charge >= 0.3 is 0 Å². The summed E-state index contributed by atoms with van der Waals surface area (Å²) in [6.07, 6.45) is 5.31. The van der Waals surface area contributed by atoms with E-state index in [0.29, 0.717) is 17.7 Å². The maximum absolute atomic E-state index is 6.18. The predicted molar refractivity (Wildman–Crippen MR) is 82.7 cm³/mol. The van der Waals surface area contributed by atoms with Crippen LogP contribution in [0.1, 0.15) is 18.4 Å². The number of ether oxygens (including phenoxy) is 2. The maximum atomic E-state index is 6.18. The molecule has 1 aromatic carbocycles. The van der Waals surface area contributed by atoms with Crippen molar-refractivity contribution < 1.29 is 9.47 Å². The molecule has 1 N–H and O–H groups in total. The van der Waals surface area contributed by atoms with Crippen molar-refractivity contribution in [3.05, 3.63) is 41.4 Å². The van der Waals surface area contributed by atoms with E-state index in [9.17, 15) is 0 Å². The van der Waals surface area contributed by atoms with Crippen LogP contribution < -0.4 is 10.1 Å². The summed E-state index contributed by atoms with van der Waals surface area (Å²) in [5, 5.41) is 4.01. The summed E-state index contributed by atoms with van der Waals surface area (Å²) >= 11 is 6.18. The van der Waals surface area contributed by atoms with Crippen LogP contribution in [0.25, 0.3) is 0 Å². The van der Waals surface area contributed by atoms with Gasteiger partial charge in [0.25, 0.3) is 0 Å². The van der Waals surface area contributed by atoms with E-state index >= 15 is 0 Å². The first-order chi connectivity index (χ1) is 9.81. The SMILES string of the molecule is C=CCc1cccc(Cl)c1OCCNC[C@H]1CCCO1. The standard InChI is InChI=1S/C16H22ClNO2/c1-2-5-13-6-3-8-15(17)16(13)20-11-9-18-12-14-7-4-10-19-14/h2-3,6,8,14,18H,1,4-5,7,9-12H2/t14-/m1/s1. The minimum atomic E-state index is 0.367. The van der Waals surface area contributed by atoms with E-state index in [0.717, 1.165) is 43.9 Å². The van der Waals surface area contributed by atoms with Gasteiger partial charge < -0.3 is 14.8 Å². The summed E-state index contributed by atoms with van der Waals surface area (Å²) in [5.74, 6) is 0.771. The summed E-state index contributed by atoms with van der Waals surface area (Å²) in [6.45, 7) is 6.93. The van der Waals surface area contributed by atoms with Crippen molar-refractivity contribution in [2.24, 2.45) is 0 Å². The molecule has 1 atom stereocenters. The van der Waals surface area contributed by atoms with Gasteiger partial charge in [0.1, 0.15) is 12.4 Å². The number of allylic oxidation sites excluding steroid dienone is 1. The normalized spacial score (nSPS) is 18.1. The van der Waals surface area contributed by atoms with Gasteiger partial charge in [0.15, 0.2) is 0 Å². The highest BCUT2D eigenvalue weighted by atomic mass is 35.5. The zero-order valence-corrected chi connectivity index (χ0v) is 12.5. The van der Waals surface area contributed by atoms with Gasteiger partial charge in [-0.2, -0.15) is 0 Å². The second kappa shape index (κ2) is 8.30. The summed E-state index contributed by atoms with van der Waals surface area (Å²) in [7, 11) is 0. The number of hydrogen-bond donors (Lipinski definition) is 1. The van der Waals surface area contributed by atoms with Gasteiger partial charge in [-0.3, -0.25) is 0 Å². The molecule has 0 aliphatic carbocycles. The predicted octanol–water partition coefficient (Wildman–Crippen LogP) is 3.22. The van der Waals surface area contributed by atoms with Crippen molar-refractivity contribution in [1.29, 1.82) is 0 Å². The van der Waals surface area contributed by atoms with E-state index in [-0.39, 0.29) is 0 Å². The molecule has 3 nitrogen and oxygen atoms in total. The van der Waals surface area contributed by atoms with Gasteiger partial charge in [-0.05, 0) is 30.9 Å². The summed E-state index contributed by atoms with van der Waals surface area (Å²) in [6, 6.07) is 5.80. The molecule has 0 amide bonds. The third-order valence-corrected chi connectivity index (χ3v) is 3.63. The van der Waals surface area contributed by atoms with Crippen molar-refractivity contribution in [2.45, 2.75) is 25.4 Å². The molecule has 110 valence electrons. The van der Waals surface area contributed by atoms with Crippen molar-refractivity contribution >= 4 is 11.6 Å². The van der Waals surface area contributed by atoms with Crippen LogP contribution in [-0.2, 0) is 11.2 Å². The molecule has 0 bridgehead atoms. The van der Waals surface area contributed by atoms with Crippen LogP contribution in [0.2, 0.25) is 5.02 Å². The first kappa shape index (κ1) is 15.4. The molecule has 1 aliphatic rings. The molecule has 2 rings (SSSR count). The first-order valence-corrected chi connectivity index (χ1v) is 7.52. The third-order valence-electron chi connectivity index (χ3n) is 3.33. The molecule has 0 radical (unpaired) electrons. The molecule has 0 saturated carbocycles. The van der Waals surface area contributed by atoms with Gasteiger partial charge in [0.05, 0.1) is 11.1 Å². The van der Waals surface area contributed by atoms with Crippen LogP contribution in [0, 0.1) is 0 Å². The number of hydrogen-bond acceptors (Lipinski definition) is 3. The smallest absolute Gasteiger partial charge is 0.141 e. The minimum Gasteiger partial charge on any atom is -0.490 e. The molecule has 1 saturated heterocycles. The fourth-order valence-corrected chi connectivity index (χ4v) is 2.57. The van der Waals surface area contributed by atoms with Crippen molar-refractivity contribution in [1.82, 2.24) is 5.32 Å². The number of halogens is 1. The Kier molecular flexibility index (Phi) is 6.37. The number of nitrogens with one attached hydrogen (secondary N) is 1. The van der Waals surface area contributed by atoms with E-state index in [1.54, 1.807) is 0 Å². The summed E-state index contributed by atoms with van der Waals surface area (Å²) < 4.78 is 11.4. The van der Waals surface area contributed by atoms with Crippen LogP contribution in [0.5, 0.6) is 5.75 Å². The van der Waals surface area contributed by atoms with Crippen molar-refractivity contribution in [3.63, 3.8) is 0 Å². The fourth-order valence-electron chi connectivity index (χ4n) is 2.33. The molecule has 1 heterocycles. The van der Waals surface area contributed by atoms with Crippen LogP contribution in [-0.4, -0.2) is 32.4 Å². The molecule has 0 unspecified atom stereocenters. The van der Waals surface area contributed by atoms with Gasteiger partial charge in [0, 0.05) is 19.7 Å². The summed E-state index contributed by atoms with van der Waals surface area (Å²) in [5.41, 5.74) is 1.08. The Hall–Kier alpha value is -1.03. The average Bonchev–Trinajstić information content (AvgIpc) is 2.94.